The zero-order valence-corrected chi connectivity index (χ0v) is 16.6. The number of para-hydroxylation sites is 1. The van der Waals surface area contributed by atoms with E-state index in [9.17, 15) is 9.59 Å². The number of furan rings is 1. The molecule has 0 unspecified atom stereocenters. The van der Waals surface area contributed by atoms with Crippen LogP contribution in [0.2, 0.25) is 0 Å². The number of nitrogens with one attached hydrogen (secondary N) is 1. The fraction of sp³-hybridized carbons (Fsp3) is 0.273. The van der Waals surface area contributed by atoms with E-state index in [4.69, 9.17) is 23.4 Å². The zero-order chi connectivity index (χ0) is 21.1. The number of hydrogen-bond donors (Lipinski definition) is 1. The predicted octanol–water partition coefficient (Wildman–Crippen LogP) is 3.88. The van der Waals surface area contributed by atoms with E-state index >= 15 is 0 Å². The maximum atomic E-state index is 12.7. The number of hydrogen-bond acceptors (Lipinski definition) is 7. The molecule has 2 aromatic carbocycles. The van der Waals surface area contributed by atoms with E-state index < -0.39 is 18.0 Å². The molecule has 8 nitrogen and oxygen atoms in total. The highest BCUT2D eigenvalue weighted by Crippen LogP contribution is 2.34. The molecule has 1 atom stereocenters. The SMILES string of the molecule is CCOCc1c(C(=O)O[C@@H](C)C(=O)Nc2ccc3c(c2)OCO3)oc2ccccc12. The van der Waals surface area contributed by atoms with Crippen LogP contribution < -0.4 is 14.8 Å². The molecule has 0 radical (unpaired) electrons. The van der Waals surface area contributed by atoms with Crippen LogP contribution in [0.15, 0.2) is 46.9 Å². The number of ether oxygens (including phenoxy) is 4. The topological polar surface area (TPSA) is 96.2 Å². The molecule has 1 N–H and O–H groups in total. The number of carbonyl (C=O) groups is 2. The van der Waals surface area contributed by atoms with Crippen LogP contribution in [-0.4, -0.2) is 31.4 Å². The number of amides is 1. The third-order valence-electron chi connectivity index (χ3n) is 4.63. The summed E-state index contributed by atoms with van der Waals surface area (Å²) in [5, 5.41) is 3.47. The van der Waals surface area contributed by atoms with Crippen molar-refractivity contribution in [2.45, 2.75) is 26.6 Å². The molecule has 2 heterocycles. The van der Waals surface area contributed by atoms with Crippen LogP contribution in [0.25, 0.3) is 11.0 Å². The highest BCUT2D eigenvalue weighted by molar-refractivity contribution is 5.99. The standard InChI is InChI=1S/C22H21NO7/c1-3-26-11-16-15-6-4-5-7-17(15)30-20(16)22(25)29-13(2)21(24)23-14-8-9-18-19(10-14)28-12-27-18/h4-10,13H,3,11-12H2,1-2H3,(H,23,24)/t13-/m0/s1. The van der Waals surface area contributed by atoms with Crippen molar-refractivity contribution < 1.29 is 33.0 Å². The first kappa shape index (κ1) is 19.8. The second kappa shape index (κ2) is 8.46. The minimum absolute atomic E-state index is 0.0346. The van der Waals surface area contributed by atoms with Crippen LogP contribution in [0, 0.1) is 0 Å². The Labute approximate surface area is 172 Å². The number of rotatable bonds is 7. The molecule has 1 aromatic heterocycles. The molecule has 1 aliphatic rings. The maximum absolute atomic E-state index is 12.7. The van der Waals surface area contributed by atoms with Crippen molar-refractivity contribution in [2.75, 3.05) is 18.7 Å². The van der Waals surface area contributed by atoms with Gasteiger partial charge in [-0.05, 0) is 32.0 Å². The molecule has 0 saturated heterocycles. The minimum atomic E-state index is -1.05. The number of fused-ring (bicyclic) bond motifs is 2. The molecule has 1 amide bonds. The average Bonchev–Trinajstić information content (AvgIpc) is 3.36. The van der Waals surface area contributed by atoms with E-state index in [2.05, 4.69) is 5.32 Å². The monoisotopic (exact) mass is 411 g/mol. The summed E-state index contributed by atoms with van der Waals surface area (Å²) in [7, 11) is 0. The summed E-state index contributed by atoms with van der Waals surface area (Å²) in [4.78, 5) is 25.2. The van der Waals surface area contributed by atoms with Gasteiger partial charge in [-0.1, -0.05) is 18.2 Å². The van der Waals surface area contributed by atoms with Gasteiger partial charge < -0.3 is 28.7 Å². The van der Waals surface area contributed by atoms with Crippen molar-refractivity contribution in [3.8, 4) is 11.5 Å². The molecule has 1 aliphatic heterocycles. The third kappa shape index (κ3) is 3.95. The van der Waals surface area contributed by atoms with Crippen molar-refractivity contribution in [2.24, 2.45) is 0 Å². The minimum Gasteiger partial charge on any atom is -0.454 e. The van der Waals surface area contributed by atoms with Crippen LogP contribution in [0.5, 0.6) is 11.5 Å². The Kier molecular flexibility index (Phi) is 5.58. The average molecular weight is 411 g/mol. The number of benzene rings is 2. The normalized spacial score (nSPS) is 13.3. The van der Waals surface area contributed by atoms with Crippen molar-refractivity contribution >= 4 is 28.5 Å². The summed E-state index contributed by atoms with van der Waals surface area (Å²) < 4.78 is 27.1. The highest BCUT2D eigenvalue weighted by Gasteiger charge is 2.26. The van der Waals surface area contributed by atoms with Gasteiger partial charge in [0.15, 0.2) is 17.6 Å². The van der Waals surface area contributed by atoms with Gasteiger partial charge >= 0.3 is 5.97 Å². The lowest BCUT2D eigenvalue weighted by Crippen LogP contribution is -2.30. The molecule has 0 bridgehead atoms. The van der Waals surface area contributed by atoms with E-state index in [-0.39, 0.29) is 19.2 Å². The number of carbonyl (C=O) groups excluding carboxylic acids is 2. The van der Waals surface area contributed by atoms with Gasteiger partial charge in [-0.25, -0.2) is 4.79 Å². The molecular weight excluding hydrogens is 390 g/mol. The van der Waals surface area contributed by atoms with E-state index in [1.807, 2.05) is 25.1 Å². The maximum Gasteiger partial charge on any atom is 0.375 e. The summed E-state index contributed by atoms with van der Waals surface area (Å²) in [6, 6.07) is 12.3. The highest BCUT2D eigenvalue weighted by atomic mass is 16.7. The molecular formula is C22H21NO7. The first-order valence-corrected chi connectivity index (χ1v) is 9.56. The molecule has 0 fully saturated rings. The first-order valence-electron chi connectivity index (χ1n) is 9.56. The first-order chi connectivity index (χ1) is 14.6. The quantitative estimate of drug-likeness (QED) is 0.589. The predicted molar refractivity (Wildman–Crippen MR) is 108 cm³/mol. The third-order valence-corrected chi connectivity index (χ3v) is 4.63. The van der Waals surface area contributed by atoms with Crippen molar-refractivity contribution in [3.05, 3.63) is 53.8 Å². The van der Waals surface area contributed by atoms with E-state index in [0.29, 0.717) is 34.9 Å². The molecule has 0 spiro atoms. The number of anilines is 1. The van der Waals surface area contributed by atoms with Crippen molar-refractivity contribution in [1.29, 1.82) is 0 Å². The fourth-order valence-electron chi connectivity index (χ4n) is 3.10. The summed E-state index contributed by atoms with van der Waals surface area (Å²) in [5.74, 6) is -0.0224. The molecule has 8 heteroatoms. The van der Waals surface area contributed by atoms with Gasteiger partial charge in [0, 0.05) is 29.3 Å². The van der Waals surface area contributed by atoms with Gasteiger partial charge in [-0.15, -0.1) is 0 Å². The Morgan fingerprint density at radius 2 is 1.93 bits per heavy atom. The van der Waals surface area contributed by atoms with Gasteiger partial charge in [0.2, 0.25) is 12.6 Å². The Hall–Kier alpha value is -3.52. The molecule has 3 aromatic rings. The molecule has 0 saturated carbocycles. The Bertz CT molecular complexity index is 1090. The summed E-state index contributed by atoms with van der Waals surface area (Å²) >= 11 is 0. The lowest BCUT2D eigenvalue weighted by atomic mass is 10.1. The van der Waals surface area contributed by atoms with Crippen molar-refractivity contribution in [1.82, 2.24) is 0 Å². The molecule has 30 heavy (non-hydrogen) atoms. The Balaban J connectivity index is 1.47. The van der Waals surface area contributed by atoms with Crippen LogP contribution in [0.3, 0.4) is 0 Å². The smallest absolute Gasteiger partial charge is 0.375 e. The molecule has 0 aliphatic carbocycles. The molecule has 4 rings (SSSR count). The Morgan fingerprint density at radius 1 is 1.13 bits per heavy atom. The Morgan fingerprint density at radius 3 is 2.77 bits per heavy atom. The van der Waals surface area contributed by atoms with Gasteiger partial charge in [0.1, 0.15) is 5.58 Å². The lowest BCUT2D eigenvalue weighted by molar-refractivity contribution is -0.123. The second-order valence-corrected chi connectivity index (χ2v) is 6.65. The van der Waals surface area contributed by atoms with Crippen LogP contribution >= 0.6 is 0 Å². The summed E-state index contributed by atoms with van der Waals surface area (Å²) in [6.45, 7) is 4.19. The van der Waals surface area contributed by atoms with E-state index in [0.717, 1.165) is 5.39 Å². The zero-order valence-electron chi connectivity index (χ0n) is 16.6. The summed E-state index contributed by atoms with van der Waals surface area (Å²) in [5.41, 5.74) is 1.66. The second-order valence-electron chi connectivity index (χ2n) is 6.65. The van der Waals surface area contributed by atoms with Gasteiger partial charge in [0.05, 0.1) is 6.61 Å². The lowest BCUT2D eigenvalue weighted by Gasteiger charge is -2.13. The number of esters is 1. The summed E-state index contributed by atoms with van der Waals surface area (Å²) in [6.07, 6.45) is -1.05. The van der Waals surface area contributed by atoms with Crippen LogP contribution in [0.4, 0.5) is 5.69 Å². The van der Waals surface area contributed by atoms with E-state index in [1.165, 1.54) is 6.92 Å². The van der Waals surface area contributed by atoms with Gasteiger partial charge in [-0.3, -0.25) is 4.79 Å². The van der Waals surface area contributed by atoms with E-state index in [1.54, 1.807) is 24.3 Å². The van der Waals surface area contributed by atoms with Crippen LogP contribution in [0.1, 0.15) is 30.0 Å². The fourth-order valence-corrected chi connectivity index (χ4v) is 3.10. The van der Waals surface area contributed by atoms with Gasteiger partial charge in [0.25, 0.3) is 5.91 Å². The van der Waals surface area contributed by atoms with Gasteiger partial charge in [-0.2, -0.15) is 0 Å². The van der Waals surface area contributed by atoms with Crippen molar-refractivity contribution in [3.63, 3.8) is 0 Å². The van der Waals surface area contributed by atoms with Crippen LogP contribution in [-0.2, 0) is 20.9 Å². The molecule has 156 valence electrons. The largest absolute Gasteiger partial charge is 0.454 e.